The Labute approximate surface area is 195 Å². The van der Waals surface area contributed by atoms with Crippen LogP contribution in [0.2, 0.25) is 0 Å². The Bertz CT molecular complexity index is 979. The minimum Gasteiger partial charge on any atom is -0.465 e. The fourth-order valence-corrected chi connectivity index (χ4v) is 4.34. The van der Waals surface area contributed by atoms with Gasteiger partial charge in [-0.2, -0.15) is 4.98 Å². The van der Waals surface area contributed by atoms with Gasteiger partial charge >= 0.3 is 12.0 Å². The van der Waals surface area contributed by atoms with Gasteiger partial charge in [0.05, 0.1) is 26.1 Å². The second-order valence-corrected chi connectivity index (χ2v) is 8.60. The molecule has 1 N–H and O–H groups in total. The standard InChI is InChI=1S/C22H31N5O4.ClH/c1-7-26(22(29)30)18-12-14(2)27(6,15(3)28)19-9-8-16(13-17(18)19)21-23-20(31-24-21)10-11-25(4)5;/h8-9,13-14,18H,7,10-12H2,1-6H3;1H/p+1/t14-,18+,27?;/m0./s1. The van der Waals surface area contributed by atoms with Crippen LogP contribution in [-0.4, -0.2) is 77.3 Å². The van der Waals surface area contributed by atoms with Crippen LogP contribution in [0.1, 0.15) is 44.7 Å². The number of likely N-dealkylation sites (N-methyl/N-ethyl adjacent to an activating group) is 1. The number of nitrogens with zero attached hydrogens (tertiary/aromatic N) is 5. The maximum absolute atomic E-state index is 12.7. The largest absolute Gasteiger partial charge is 0.465 e. The van der Waals surface area contributed by atoms with Gasteiger partial charge in [0.15, 0.2) is 0 Å². The number of amides is 2. The molecule has 1 aliphatic rings. The van der Waals surface area contributed by atoms with Crippen LogP contribution in [0.3, 0.4) is 0 Å². The highest BCUT2D eigenvalue weighted by atomic mass is 35.5. The Morgan fingerprint density at radius 1 is 1.31 bits per heavy atom. The Hall–Kier alpha value is -2.49. The van der Waals surface area contributed by atoms with Gasteiger partial charge in [0.1, 0.15) is 5.69 Å². The summed E-state index contributed by atoms with van der Waals surface area (Å²) < 4.78 is 5.52. The molecule has 2 heterocycles. The molecule has 1 aromatic heterocycles. The number of fused-ring (bicyclic) bond motifs is 1. The van der Waals surface area contributed by atoms with Crippen molar-refractivity contribution in [3.63, 3.8) is 0 Å². The van der Waals surface area contributed by atoms with Gasteiger partial charge in [-0.1, -0.05) is 5.16 Å². The summed E-state index contributed by atoms with van der Waals surface area (Å²) in [4.78, 5) is 32.6. The summed E-state index contributed by atoms with van der Waals surface area (Å²) in [6, 6.07) is 5.29. The monoisotopic (exact) mass is 466 g/mol. The number of halogens is 1. The van der Waals surface area contributed by atoms with E-state index in [9.17, 15) is 14.7 Å². The van der Waals surface area contributed by atoms with Gasteiger partial charge in [-0.3, -0.25) is 0 Å². The summed E-state index contributed by atoms with van der Waals surface area (Å²) in [5.74, 6) is 1.03. The highest BCUT2D eigenvalue weighted by molar-refractivity contribution is 5.89. The molecule has 1 unspecified atom stereocenters. The van der Waals surface area contributed by atoms with Crippen molar-refractivity contribution in [3.8, 4) is 11.4 Å². The number of hydrogen-bond donors (Lipinski definition) is 1. The Morgan fingerprint density at radius 3 is 2.56 bits per heavy atom. The van der Waals surface area contributed by atoms with Crippen molar-refractivity contribution in [3.05, 3.63) is 29.7 Å². The van der Waals surface area contributed by atoms with E-state index in [0.29, 0.717) is 31.1 Å². The quantitative estimate of drug-likeness (QED) is 0.649. The molecule has 0 fully saturated rings. The smallest absolute Gasteiger partial charge is 0.407 e. The second-order valence-electron chi connectivity index (χ2n) is 8.60. The molecule has 10 heteroatoms. The van der Waals surface area contributed by atoms with Crippen molar-refractivity contribution in [1.82, 2.24) is 24.4 Å². The molecule has 0 saturated carbocycles. The van der Waals surface area contributed by atoms with Gasteiger partial charge in [-0.25, -0.2) is 14.1 Å². The van der Waals surface area contributed by atoms with Gasteiger partial charge in [0, 0.05) is 43.1 Å². The zero-order valence-corrected chi connectivity index (χ0v) is 20.3. The number of aromatic nitrogens is 2. The van der Waals surface area contributed by atoms with Crippen LogP contribution in [0, 0.1) is 0 Å². The second kappa shape index (κ2) is 9.97. The normalized spacial score (nSPS) is 22.2. The molecule has 1 aliphatic heterocycles. The summed E-state index contributed by atoms with van der Waals surface area (Å²) in [5, 5.41) is 13.9. The fraction of sp³-hybridized carbons (Fsp3) is 0.545. The third-order valence-electron chi connectivity index (χ3n) is 6.45. The highest BCUT2D eigenvalue weighted by Gasteiger charge is 2.47. The molecule has 176 valence electrons. The lowest BCUT2D eigenvalue weighted by Gasteiger charge is -2.45. The van der Waals surface area contributed by atoms with Gasteiger partial charge in [-0.05, 0) is 40.1 Å². The molecular weight excluding hydrogens is 434 g/mol. The van der Waals surface area contributed by atoms with E-state index in [1.165, 1.54) is 4.90 Å². The molecular formula is C22H33ClN5O4+. The van der Waals surface area contributed by atoms with Crippen LogP contribution in [0.5, 0.6) is 0 Å². The molecule has 0 aliphatic carbocycles. The molecule has 0 spiro atoms. The van der Waals surface area contributed by atoms with Crippen molar-refractivity contribution < 1.29 is 19.2 Å². The summed E-state index contributed by atoms with van der Waals surface area (Å²) >= 11 is 0. The predicted molar refractivity (Wildman–Crippen MR) is 125 cm³/mol. The first kappa shape index (κ1) is 25.8. The molecule has 1 aromatic carbocycles. The fourth-order valence-electron chi connectivity index (χ4n) is 4.34. The number of carboxylic acid groups (broad SMARTS) is 1. The maximum atomic E-state index is 12.7. The van der Waals surface area contributed by atoms with E-state index in [1.807, 2.05) is 58.1 Å². The van der Waals surface area contributed by atoms with Crippen molar-refractivity contribution >= 4 is 30.1 Å². The van der Waals surface area contributed by atoms with Crippen molar-refractivity contribution in [1.29, 1.82) is 0 Å². The highest BCUT2D eigenvalue weighted by Crippen LogP contribution is 2.45. The summed E-state index contributed by atoms with van der Waals surface area (Å²) in [5.41, 5.74) is 2.38. The Balaban J connectivity index is 0.00000363. The van der Waals surface area contributed by atoms with E-state index in [-0.39, 0.29) is 34.9 Å². The van der Waals surface area contributed by atoms with Crippen molar-refractivity contribution in [2.75, 3.05) is 34.2 Å². The van der Waals surface area contributed by atoms with Crippen LogP contribution in [-0.2, 0) is 11.2 Å². The van der Waals surface area contributed by atoms with Crippen molar-refractivity contribution in [2.45, 2.75) is 45.7 Å². The third kappa shape index (κ3) is 4.65. The van der Waals surface area contributed by atoms with E-state index in [4.69, 9.17) is 4.52 Å². The summed E-state index contributed by atoms with van der Waals surface area (Å²) in [6.07, 6.45) is 0.223. The summed E-state index contributed by atoms with van der Waals surface area (Å²) in [6.45, 7) is 6.56. The van der Waals surface area contributed by atoms with Gasteiger partial charge < -0.3 is 19.4 Å². The van der Waals surface area contributed by atoms with Crippen molar-refractivity contribution in [2.24, 2.45) is 0 Å². The molecule has 2 amide bonds. The number of quaternary nitrogens is 1. The SMILES string of the molecule is CCN(C(=O)O)[C@@H]1C[C@H](C)[N+](C)(C(C)=O)c2ccc(-c3noc(CCN(C)C)n3)cc21.Cl. The van der Waals surface area contributed by atoms with Crippen LogP contribution < -0.4 is 4.48 Å². The van der Waals surface area contributed by atoms with Gasteiger partial charge in [0.2, 0.25) is 11.7 Å². The van der Waals surface area contributed by atoms with E-state index in [2.05, 4.69) is 10.1 Å². The molecule has 3 atom stereocenters. The van der Waals surface area contributed by atoms with Crippen LogP contribution >= 0.6 is 12.4 Å². The molecule has 9 nitrogen and oxygen atoms in total. The average molecular weight is 467 g/mol. The first-order chi connectivity index (χ1) is 14.6. The van der Waals surface area contributed by atoms with E-state index < -0.39 is 6.09 Å². The number of benzene rings is 1. The first-order valence-electron chi connectivity index (χ1n) is 10.6. The molecule has 3 rings (SSSR count). The molecule has 32 heavy (non-hydrogen) atoms. The third-order valence-corrected chi connectivity index (χ3v) is 6.45. The van der Waals surface area contributed by atoms with Gasteiger partial charge in [-0.15, -0.1) is 12.4 Å². The van der Waals surface area contributed by atoms with E-state index >= 15 is 0 Å². The van der Waals surface area contributed by atoms with Crippen LogP contribution in [0.15, 0.2) is 22.7 Å². The Kier molecular flexibility index (Phi) is 8.03. The lowest BCUT2D eigenvalue weighted by Crippen LogP contribution is -2.60. The average Bonchev–Trinajstić information content (AvgIpc) is 3.19. The molecule has 0 radical (unpaired) electrons. The first-order valence-corrected chi connectivity index (χ1v) is 10.6. The summed E-state index contributed by atoms with van der Waals surface area (Å²) in [7, 11) is 5.86. The number of carbonyl (C=O) groups excluding carboxylic acids is 1. The van der Waals surface area contributed by atoms with Gasteiger partial charge in [0.25, 0.3) is 0 Å². The molecule has 0 bridgehead atoms. The predicted octanol–water partition coefficient (Wildman–Crippen LogP) is 3.58. The molecule has 0 saturated heterocycles. The minimum absolute atomic E-state index is 0. The van der Waals surface area contributed by atoms with Crippen LogP contribution in [0.4, 0.5) is 10.5 Å². The van der Waals surface area contributed by atoms with Crippen LogP contribution in [0.25, 0.3) is 11.4 Å². The topological polar surface area (TPSA) is 99.8 Å². The number of rotatable bonds is 6. The lowest BCUT2D eigenvalue weighted by atomic mass is 9.87. The minimum atomic E-state index is -0.972. The zero-order valence-electron chi connectivity index (χ0n) is 19.5. The van der Waals surface area contributed by atoms with E-state index in [0.717, 1.165) is 23.4 Å². The Morgan fingerprint density at radius 2 is 2.00 bits per heavy atom. The zero-order chi connectivity index (χ0) is 22.9. The van der Waals surface area contributed by atoms with E-state index in [1.54, 1.807) is 6.92 Å². The molecule has 2 aromatic rings. The maximum Gasteiger partial charge on any atom is 0.407 e. The lowest BCUT2D eigenvalue weighted by molar-refractivity contribution is -0.129. The number of hydrogen-bond acceptors (Lipinski definition) is 6. The number of carbonyl (C=O) groups is 2.